The highest BCUT2D eigenvalue weighted by Gasteiger charge is 2.16. The first-order valence-corrected chi connectivity index (χ1v) is 9.13. The maximum atomic E-state index is 12.2. The van der Waals surface area contributed by atoms with Crippen molar-refractivity contribution in [1.82, 2.24) is 19.8 Å². The van der Waals surface area contributed by atoms with Gasteiger partial charge < -0.3 is 5.32 Å². The van der Waals surface area contributed by atoms with Crippen molar-refractivity contribution in [2.75, 3.05) is 6.54 Å². The predicted molar refractivity (Wildman–Crippen MR) is 83.6 cm³/mol. The summed E-state index contributed by atoms with van der Waals surface area (Å²) < 4.78 is 29.0. The molecule has 2 N–H and O–H groups in total. The number of hydrogen-bond acceptors (Lipinski definition) is 5. The van der Waals surface area contributed by atoms with Crippen molar-refractivity contribution in [3.05, 3.63) is 35.0 Å². The number of nitrogens with zero attached hydrogens (tertiary/aromatic N) is 2. The SMILES string of the molecule is CCCNCc1csc(S(=O)(=O)NCc2cnn(C)c2)c1. The van der Waals surface area contributed by atoms with Crippen LogP contribution >= 0.6 is 11.3 Å². The molecule has 2 aromatic heterocycles. The number of aromatic nitrogens is 2. The van der Waals surface area contributed by atoms with E-state index < -0.39 is 10.0 Å². The number of aryl methyl sites for hydroxylation is 1. The molecule has 0 saturated heterocycles. The summed E-state index contributed by atoms with van der Waals surface area (Å²) in [6.45, 7) is 3.97. The molecular formula is C13H20N4O2S2. The molecule has 0 fully saturated rings. The lowest BCUT2D eigenvalue weighted by Crippen LogP contribution is -2.22. The smallest absolute Gasteiger partial charge is 0.250 e. The van der Waals surface area contributed by atoms with Crippen molar-refractivity contribution in [1.29, 1.82) is 0 Å². The van der Waals surface area contributed by atoms with Gasteiger partial charge in [0.05, 0.1) is 6.20 Å². The van der Waals surface area contributed by atoms with Crippen LogP contribution in [0.25, 0.3) is 0 Å². The van der Waals surface area contributed by atoms with Crippen molar-refractivity contribution in [2.45, 2.75) is 30.6 Å². The lowest BCUT2D eigenvalue weighted by Gasteiger charge is -2.02. The Labute approximate surface area is 129 Å². The second-order valence-electron chi connectivity index (χ2n) is 4.80. The third-order valence-corrected chi connectivity index (χ3v) is 5.76. The first kappa shape index (κ1) is 16.2. The molecular weight excluding hydrogens is 308 g/mol. The van der Waals surface area contributed by atoms with Gasteiger partial charge in [0.15, 0.2) is 0 Å². The molecule has 8 heteroatoms. The van der Waals surface area contributed by atoms with Gasteiger partial charge in [-0.2, -0.15) is 5.10 Å². The van der Waals surface area contributed by atoms with Crippen LogP contribution in [0.1, 0.15) is 24.5 Å². The maximum absolute atomic E-state index is 12.2. The van der Waals surface area contributed by atoms with Crippen LogP contribution in [0.4, 0.5) is 0 Å². The molecule has 0 saturated carbocycles. The van der Waals surface area contributed by atoms with E-state index in [1.165, 1.54) is 11.3 Å². The standard InChI is InChI=1S/C13H20N4O2S2/c1-3-4-14-6-11-5-13(20-10-11)21(18,19)16-8-12-7-15-17(2)9-12/h5,7,9-10,14,16H,3-4,6,8H2,1-2H3. The van der Waals surface area contributed by atoms with Crippen LogP contribution in [0.2, 0.25) is 0 Å². The second-order valence-corrected chi connectivity index (χ2v) is 7.70. The van der Waals surface area contributed by atoms with Gasteiger partial charge in [0.25, 0.3) is 0 Å². The Balaban J connectivity index is 1.95. The molecule has 0 aromatic carbocycles. The molecule has 116 valence electrons. The summed E-state index contributed by atoms with van der Waals surface area (Å²) in [6.07, 6.45) is 4.50. The van der Waals surface area contributed by atoms with E-state index >= 15 is 0 Å². The van der Waals surface area contributed by atoms with Crippen molar-refractivity contribution in [3.63, 3.8) is 0 Å². The largest absolute Gasteiger partial charge is 0.313 e. The number of rotatable bonds is 8. The molecule has 0 amide bonds. The summed E-state index contributed by atoms with van der Waals surface area (Å²) >= 11 is 1.24. The lowest BCUT2D eigenvalue weighted by molar-refractivity contribution is 0.583. The normalized spacial score (nSPS) is 11.9. The molecule has 0 aliphatic carbocycles. The summed E-state index contributed by atoms with van der Waals surface area (Å²) in [5.74, 6) is 0. The fraction of sp³-hybridized carbons (Fsp3) is 0.462. The van der Waals surface area contributed by atoms with Crippen LogP contribution in [0, 0.1) is 0 Å². The molecule has 0 bridgehead atoms. The molecule has 2 aromatic rings. The second kappa shape index (κ2) is 7.17. The van der Waals surface area contributed by atoms with Gasteiger partial charge in [0.2, 0.25) is 10.0 Å². The molecule has 21 heavy (non-hydrogen) atoms. The van der Waals surface area contributed by atoms with Crippen LogP contribution in [-0.2, 0) is 30.2 Å². The first-order chi connectivity index (χ1) is 10.0. The van der Waals surface area contributed by atoms with Gasteiger partial charge in [-0.1, -0.05) is 6.92 Å². The highest BCUT2D eigenvalue weighted by Crippen LogP contribution is 2.20. The highest BCUT2D eigenvalue weighted by atomic mass is 32.2. The monoisotopic (exact) mass is 328 g/mol. The molecule has 0 radical (unpaired) electrons. The Bertz CT molecular complexity index is 676. The first-order valence-electron chi connectivity index (χ1n) is 6.76. The van der Waals surface area contributed by atoms with E-state index in [4.69, 9.17) is 0 Å². The minimum Gasteiger partial charge on any atom is -0.313 e. The third-order valence-electron chi connectivity index (χ3n) is 2.88. The minimum absolute atomic E-state index is 0.248. The Kier molecular flexibility index (Phi) is 5.51. The molecule has 0 aliphatic rings. The summed E-state index contributed by atoms with van der Waals surface area (Å²) in [5, 5.41) is 9.15. The van der Waals surface area contributed by atoms with Crippen molar-refractivity contribution >= 4 is 21.4 Å². The summed E-state index contributed by atoms with van der Waals surface area (Å²) in [5.41, 5.74) is 1.83. The van der Waals surface area contributed by atoms with E-state index in [2.05, 4.69) is 22.1 Å². The fourth-order valence-corrected chi connectivity index (χ4v) is 4.08. The Morgan fingerprint density at radius 3 is 2.81 bits per heavy atom. The predicted octanol–water partition coefficient (Wildman–Crippen LogP) is 1.46. The lowest BCUT2D eigenvalue weighted by atomic mass is 10.3. The molecule has 2 rings (SSSR count). The molecule has 0 spiro atoms. The van der Waals surface area contributed by atoms with Gasteiger partial charge in [0.1, 0.15) is 4.21 Å². The van der Waals surface area contributed by atoms with Crippen molar-refractivity contribution in [3.8, 4) is 0 Å². The topological polar surface area (TPSA) is 76.0 Å². The van der Waals surface area contributed by atoms with Gasteiger partial charge in [-0.25, -0.2) is 13.1 Å². The number of hydrogen-bond donors (Lipinski definition) is 2. The Morgan fingerprint density at radius 1 is 1.33 bits per heavy atom. The van der Waals surface area contributed by atoms with Crippen LogP contribution in [-0.4, -0.2) is 24.7 Å². The van der Waals surface area contributed by atoms with Gasteiger partial charge in [-0.3, -0.25) is 4.68 Å². The van der Waals surface area contributed by atoms with Gasteiger partial charge >= 0.3 is 0 Å². The highest BCUT2D eigenvalue weighted by molar-refractivity contribution is 7.91. The molecule has 0 unspecified atom stereocenters. The van der Waals surface area contributed by atoms with Crippen molar-refractivity contribution < 1.29 is 8.42 Å². The van der Waals surface area contributed by atoms with E-state index in [9.17, 15) is 8.42 Å². The minimum atomic E-state index is -3.46. The van der Waals surface area contributed by atoms with E-state index in [0.29, 0.717) is 10.8 Å². The summed E-state index contributed by atoms with van der Waals surface area (Å²) in [4.78, 5) is 0. The quantitative estimate of drug-likeness (QED) is 0.719. The zero-order chi connectivity index (χ0) is 15.3. The molecule has 0 atom stereocenters. The Morgan fingerprint density at radius 2 is 2.14 bits per heavy atom. The number of nitrogens with one attached hydrogen (secondary N) is 2. The van der Waals surface area contributed by atoms with E-state index in [0.717, 1.165) is 24.1 Å². The molecule has 0 aliphatic heterocycles. The van der Waals surface area contributed by atoms with Gasteiger partial charge in [0, 0.05) is 31.9 Å². The average molecular weight is 328 g/mol. The van der Waals surface area contributed by atoms with Crippen LogP contribution in [0.5, 0.6) is 0 Å². The molecule has 2 heterocycles. The molecule has 6 nitrogen and oxygen atoms in total. The average Bonchev–Trinajstić information content (AvgIpc) is 3.06. The van der Waals surface area contributed by atoms with E-state index in [1.54, 1.807) is 30.2 Å². The zero-order valence-corrected chi connectivity index (χ0v) is 13.8. The maximum Gasteiger partial charge on any atom is 0.250 e. The third kappa shape index (κ3) is 4.63. The van der Waals surface area contributed by atoms with Crippen LogP contribution in [0.15, 0.2) is 28.0 Å². The zero-order valence-electron chi connectivity index (χ0n) is 12.2. The van der Waals surface area contributed by atoms with Gasteiger partial charge in [-0.05, 0) is 30.0 Å². The summed E-state index contributed by atoms with van der Waals surface area (Å²) in [7, 11) is -1.66. The van der Waals surface area contributed by atoms with Crippen LogP contribution < -0.4 is 10.0 Å². The number of thiophene rings is 1. The van der Waals surface area contributed by atoms with E-state index in [-0.39, 0.29) is 6.54 Å². The van der Waals surface area contributed by atoms with Crippen LogP contribution in [0.3, 0.4) is 0 Å². The summed E-state index contributed by atoms with van der Waals surface area (Å²) in [6, 6.07) is 1.72. The fourth-order valence-electron chi connectivity index (χ4n) is 1.81. The van der Waals surface area contributed by atoms with E-state index in [1.807, 2.05) is 5.38 Å². The number of sulfonamides is 1. The van der Waals surface area contributed by atoms with Crippen molar-refractivity contribution in [2.24, 2.45) is 7.05 Å². The van der Waals surface area contributed by atoms with Gasteiger partial charge in [-0.15, -0.1) is 11.3 Å². The Hall–Kier alpha value is -1.22.